The highest BCUT2D eigenvalue weighted by Crippen LogP contribution is 2.27. The molecule has 1 aromatic heterocycles. The molecule has 0 aliphatic carbocycles. The molecule has 4 atom stereocenters. The molecule has 3 N–H and O–H groups in total. The number of sulfonamides is 1. The van der Waals surface area contributed by atoms with Gasteiger partial charge < -0.3 is 20.3 Å². The van der Waals surface area contributed by atoms with Crippen LogP contribution in [-0.2, 0) is 26.0 Å². The molecule has 2 heterocycles. The molecule has 11 nitrogen and oxygen atoms in total. The Morgan fingerprint density at radius 2 is 1.91 bits per heavy atom. The van der Waals surface area contributed by atoms with Crippen molar-refractivity contribution in [2.75, 3.05) is 24.5 Å². The van der Waals surface area contributed by atoms with Gasteiger partial charge in [-0.25, -0.2) is 18.2 Å². The average Bonchev–Trinajstić information content (AvgIpc) is 3.67. The number of aliphatic hydroxyl groups is 1. The second-order valence-corrected chi connectivity index (χ2v) is 14.0. The van der Waals surface area contributed by atoms with Gasteiger partial charge in [0.1, 0.15) is 5.75 Å². The molecular formula is C32H36N4O7S2. The number of cyclic esters (lactones) is 1. The third-order valence-corrected chi connectivity index (χ3v) is 10.5. The summed E-state index contributed by atoms with van der Waals surface area (Å²) < 4.78 is 35.3. The molecule has 0 bridgehead atoms. The van der Waals surface area contributed by atoms with Crippen molar-refractivity contribution in [3.05, 3.63) is 83.9 Å². The van der Waals surface area contributed by atoms with E-state index in [4.69, 9.17) is 4.74 Å². The second kappa shape index (κ2) is 13.9. The molecule has 3 aromatic carbocycles. The van der Waals surface area contributed by atoms with Crippen LogP contribution in [0.3, 0.4) is 0 Å². The van der Waals surface area contributed by atoms with E-state index in [1.54, 1.807) is 29.8 Å². The van der Waals surface area contributed by atoms with E-state index in [9.17, 15) is 28.2 Å². The van der Waals surface area contributed by atoms with Crippen molar-refractivity contribution in [2.24, 2.45) is 5.92 Å². The molecule has 0 saturated carbocycles. The molecule has 13 heteroatoms. The zero-order valence-electron chi connectivity index (χ0n) is 24.9. The minimum absolute atomic E-state index is 0.00239. The Morgan fingerprint density at radius 1 is 1.13 bits per heavy atom. The van der Waals surface area contributed by atoms with Gasteiger partial charge in [-0.3, -0.25) is 9.69 Å². The van der Waals surface area contributed by atoms with Crippen LogP contribution in [0, 0.1) is 5.92 Å². The molecule has 0 spiro atoms. The summed E-state index contributed by atoms with van der Waals surface area (Å²) in [5.74, 6) is -0.663. The van der Waals surface area contributed by atoms with Crippen molar-refractivity contribution in [3.63, 3.8) is 0 Å². The molecule has 45 heavy (non-hydrogen) atoms. The Balaban J connectivity index is 1.38. The first-order valence-electron chi connectivity index (χ1n) is 14.7. The van der Waals surface area contributed by atoms with Crippen molar-refractivity contribution >= 4 is 49.3 Å². The number of ether oxygens (including phenoxy) is 1. The number of aromatic hydroxyl groups is 1. The quantitative estimate of drug-likeness (QED) is 0.195. The minimum atomic E-state index is -4.03. The monoisotopic (exact) mass is 652 g/mol. The number of aliphatic hydroxyl groups excluding tert-OH is 1. The maximum Gasteiger partial charge on any atom is 0.415 e. The van der Waals surface area contributed by atoms with Crippen LogP contribution in [0.4, 0.5) is 10.5 Å². The fraction of sp³-hybridized carbons (Fsp3) is 0.344. The lowest BCUT2D eigenvalue weighted by atomic mass is 10.0. The molecule has 5 rings (SSSR count). The number of benzene rings is 3. The summed E-state index contributed by atoms with van der Waals surface area (Å²) in [6, 6.07) is 19.1. The fourth-order valence-electron chi connectivity index (χ4n) is 5.13. The molecular weight excluding hydrogens is 617 g/mol. The summed E-state index contributed by atoms with van der Waals surface area (Å²) in [7, 11) is -4.03. The number of carbonyl (C=O) groups is 2. The van der Waals surface area contributed by atoms with Crippen molar-refractivity contribution in [3.8, 4) is 5.75 Å². The molecule has 238 valence electrons. The van der Waals surface area contributed by atoms with Gasteiger partial charge >= 0.3 is 6.09 Å². The molecule has 1 saturated heterocycles. The number of phenolic OH excluding ortho intramolecular Hbond substituents is 1. The van der Waals surface area contributed by atoms with E-state index < -0.39 is 40.3 Å². The van der Waals surface area contributed by atoms with Gasteiger partial charge in [-0.15, -0.1) is 11.3 Å². The first-order valence-corrected chi connectivity index (χ1v) is 17.0. The highest BCUT2D eigenvalue weighted by Gasteiger charge is 2.39. The molecule has 1 fully saturated rings. The Bertz CT molecular complexity index is 1750. The molecule has 0 radical (unpaired) electrons. The van der Waals surface area contributed by atoms with Crippen LogP contribution in [0.1, 0.15) is 25.8 Å². The van der Waals surface area contributed by atoms with E-state index in [1.165, 1.54) is 38.7 Å². The van der Waals surface area contributed by atoms with Crippen LogP contribution in [0.25, 0.3) is 10.2 Å². The summed E-state index contributed by atoms with van der Waals surface area (Å²) in [5, 5.41) is 24.3. The summed E-state index contributed by atoms with van der Waals surface area (Å²) in [4.78, 5) is 31.6. The van der Waals surface area contributed by atoms with Gasteiger partial charge in [0, 0.05) is 19.2 Å². The maximum absolute atomic E-state index is 14.0. The number of phenols is 1. The van der Waals surface area contributed by atoms with E-state index in [1.807, 2.05) is 44.2 Å². The zero-order chi connectivity index (χ0) is 32.1. The summed E-state index contributed by atoms with van der Waals surface area (Å²) in [6.45, 7) is 3.71. The van der Waals surface area contributed by atoms with Crippen LogP contribution in [0.2, 0.25) is 0 Å². The number of thiazole rings is 1. The van der Waals surface area contributed by atoms with E-state index in [0.29, 0.717) is 11.2 Å². The lowest BCUT2D eigenvalue weighted by Crippen LogP contribution is -2.53. The Hall–Kier alpha value is -4.04. The number of carbonyl (C=O) groups excluding carboxylic acids is 2. The van der Waals surface area contributed by atoms with Crippen LogP contribution < -0.4 is 10.2 Å². The Morgan fingerprint density at radius 3 is 2.64 bits per heavy atom. The minimum Gasteiger partial charge on any atom is -0.508 e. The number of fused-ring (bicyclic) bond motifs is 1. The molecule has 0 unspecified atom stereocenters. The summed E-state index contributed by atoms with van der Waals surface area (Å²) in [5.41, 5.74) is 3.55. The van der Waals surface area contributed by atoms with Gasteiger partial charge in [-0.05, 0) is 48.2 Å². The second-order valence-electron chi connectivity index (χ2n) is 11.2. The van der Waals surface area contributed by atoms with Gasteiger partial charge in [0.25, 0.3) is 5.91 Å². The topological polar surface area (TPSA) is 149 Å². The van der Waals surface area contributed by atoms with Crippen molar-refractivity contribution in [1.82, 2.24) is 14.6 Å². The smallest absolute Gasteiger partial charge is 0.415 e. The molecule has 2 amide bonds. The summed E-state index contributed by atoms with van der Waals surface area (Å²) >= 11 is 1.34. The van der Waals surface area contributed by atoms with E-state index in [-0.39, 0.29) is 42.6 Å². The maximum atomic E-state index is 14.0. The highest BCUT2D eigenvalue weighted by molar-refractivity contribution is 7.89. The number of hydrogen-bond donors (Lipinski definition) is 3. The van der Waals surface area contributed by atoms with Crippen molar-refractivity contribution in [1.29, 1.82) is 0 Å². The van der Waals surface area contributed by atoms with Gasteiger partial charge in [-0.2, -0.15) is 4.31 Å². The normalized spacial score (nSPS) is 17.3. The number of hydrogen-bond acceptors (Lipinski definition) is 9. The SMILES string of the molecule is CC[C@H](C)CN(C[C@@H](O)[C@H](Cc1ccccc1)NC(=O)[C@@H]1CN(c2cccc(O)c2)C(=O)O1)S(=O)(=O)c1ccc2ncsc2c1. The van der Waals surface area contributed by atoms with Crippen LogP contribution in [-0.4, -0.2) is 77.8 Å². The average molecular weight is 653 g/mol. The van der Waals surface area contributed by atoms with Crippen molar-refractivity contribution < 1.29 is 33.0 Å². The van der Waals surface area contributed by atoms with E-state index >= 15 is 0 Å². The predicted octanol–water partition coefficient (Wildman–Crippen LogP) is 4.15. The van der Waals surface area contributed by atoms with E-state index in [0.717, 1.165) is 16.7 Å². The highest BCUT2D eigenvalue weighted by atomic mass is 32.2. The molecule has 4 aromatic rings. The Kier molecular flexibility index (Phi) is 10.0. The van der Waals surface area contributed by atoms with Crippen molar-refractivity contribution in [2.45, 2.75) is 49.8 Å². The fourth-order valence-corrected chi connectivity index (χ4v) is 7.52. The van der Waals surface area contributed by atoms with Crippen LogP contribution >= 0.6 is 11.3 Å². The van der Waals surface area contributed by atoms with Crippen LogP contribution in [0.5, 0.6) is 5.75 Å². The number of rotatable bonds is 13. The zero-order valence-corrected chi connectivity index (χ0v) is 26.6. The summed E-state index contributed by atoms with van der Waals surface area (Å²) in [6.07, 6.45) is -2.31. The number of nitrogens with one attached hydrogen (secondary N) is 1. The number of aromatic nitrogens is 1. The Labute approximate surface area is 266 Å². The van der Waals surface area contributed by atoms with Gasteiger partial charge in [0.2, 0.25) is 10.0 Å². The molecule has 1 aliphatic rings. The van der Waals surface area contributed by atoms with E-state index in [2.05, 4.69) is 10.3 Å². The third kappa shape index (κ3) is 7.61. The predicted molar refractivity (Wildman–Crippen MR) is 172 cm³/mol. The van der Waals surface area contributed by atoms with Gasteiger partial charge in [0.15, 0.2) is 6.10 Å². The molecule has 1 aliphatic heterocycles. The first-order chi connectivity index (χ1) is 21.5. The lowest BCUT2D eigenvalue weighted by Gasteiger charge is -2.31. The third-order valence-electron chi connectivity index (χ3n) is 7.88. The van der Waals surface area contributed by atoms with Crippen LogP contribution in [0.15, 0.2) is 83.2 Å². The number of amides is 2. The number of anilines is 1. The van der Waals surface area contributed by atoms with Gasteiger partial charge in [-0.1, -0.05) is 56.7 Å². The first kappa shape index (κ1) is 32.4. The number of nitrogens with zero attached hydrogens (tertiary/aromatic N) is 3. The van der Waals surface area contributed by atoms with Gasteiger partial charge in [0.05, 0.1) is 45.0 Å². The standard InChI is InChI=1S/C32H36N4O7S2/c1-3-21(2)17-35(45(41,42)25-12-13-26-30(16-25)44-20-33-26)18-28(38)27(14-22-8-5-4-6-9-22)34-31(39)29-19-36(32(40)43-29)23-10-7-11-24(37)15-23/h4-13,15-16,20-21,27-29,37-38H,3,14,17-19H2,1-2H3,(H,34,39)/t21-,27-,28+,29-/m0/s1. The lowest BCUT2D eigenvalue weighted by molar-refractivity contribution is -0.129. The largest absolute Gasteiger partial charge is 0.508 e.